The maximum Gasteiger partial charge on any atom is 0.228 e. The average Bonchev–Trinajstić information content (AvgIpc) is 2.46. The van der Waals surface area contributed by atoms with Crippen LogP contribution < -0.4 is 10.1 Å². The highest BCUT2D eigenvalue weighted by Gasteiger charge is 2.32. The molecule has 1 aromatic carbocycles. The van der Waals surface area contributed by atoms with Crippen molar-refractivity contribution in [3.8, 4) is 5.75 Å². The molecule has 104 valence electrons. The Morgan fingerprint density at radius 3 is 2.79 bits per heavy atom. The second-order valence-corrected chi connectivity index (χ2v) is 5.58. The number of amides is 1. The monoisotopic (exact) mass is 301 g/mol. The molecule has 1 aromatic rings. The van der Waals surface area contributed by atoms with E-state index in [2.05, 4.69) is 5.32 Å². The van der Waals surface area contributed by atoms with Crippen molar-refractivity contribution >= 4 is 29.1 Å². The fourth-order valence-corrected chi connectivity index (χ4v) is 2.52. The molecule has 3 nitrogen and oxygen atoms in total. The Bertz CT molecular complexity index is 461. The number of fused-ring (bicyclic) bond motifs is 1. The first kappa shape index (κ1) is 14.5. The van der Waals surface area contributed by atoms with Gasteiger partial charge in [-0.2, -0.15) is 0 Å². The van der Waals surface area contributed by atoms with E-state index in [4.69, 9.17) is 27.9 Å². The van der Waals surface area contributed by atoms with E-state index in [0.717, 1.165) is 11.3 Å². The molecular formula is C14H17Cl2NO2. The molecule has 1 amide bonds. The van der Waals surface area contributed by atoms with Crippen molar-refractivity contribution in [2.75, 3.05) is 18.4 Å². The van der Waals surface area contributed by atoms with Gasteiger partial charge >= 0.3 is 0 Å². The minimum Gasteiger partial charge on any atom is -0.493 e. The van der Waals surface area contributed by atoms with Crippen molar-refractivity contribution < 1.29 is 9.53 Å². The molecule has 0 spiro atoms. The van der Waals surface area contributed by atoms with Crippen molar-refractivity contribution in [2.24, 2.45) is 0 Å². The molecule has 1 atom stereocenters. The predicted molar refractivity (Wildman–Crippen MR) is 77.3 cm³/mol. The van der Waals surface area contributed by atoms with Gasteiger partial charge in [-0.05, 0) is 19.4 Å². The van der Waals surface area contributed by atoms with Gasteiger partial charge in [0.2, 0.25) is 5.91 Å². The fourth-order valence-electron chi connectivity index (χ4n) is 2.10. The van der Waals surface area contributed by atoms with Crippen molar-refractivity contribution in [2.45, 2.75) is 24.8 Å². The summed E-state index contributed by atoms with van der Waals surface area (Å²) in [5.74, 6) is 1.11. The topological polar surface area (TPSA) is 38.3 Å². The number of carbonyl (C=O) groups excluding carboxylic acids is 1. The fraction of sp³-hybridized carbons (Fsp3) is 0.500. The molecule has 19 heavy (non-hydrogen) atoms. The van der Waals surface area contributed by atoms with E-state index in [9.17, 15) is 4.79 Å². The first-order valence-electron chi connectivity index (χ1n) is 6.25. The van der Waals surface area contributed by atoms with Gasteiger partial charge in [-0.25, -0.2) is 0 Å². The van der Waals surface area contributed by atoms with Crippen LogP contribution in [0.25, 0.3) is 0 Å². The normalized spacial score (nSPS) is 18.4. The summed E-state index contributed by atoms with van der Waals surface area (Å²) in [6, 6.07) is 7.63. The van der Waals surface area contributed by atoms with Crippen LogP contribution in [0.1, 0.15) is 24.8 Å². The summed E-state index contributed by atoms with van der Waals surface area (Å²) in [5.41, 5.74) is 0.353. The van der Waals surface area contributed by atoms with E-state index in [1.807, 2.05) is 31.2 Å². The molecular weight excluding hydrogens is 285 g/mol. The van der Waals surface area contributed by atoms with Gasteiger partial charge in [0.25, 0.3) is 0 Å². The third-order valence-electron chi connectivity index (χ3n) is 3.29. The predicted octanol–water partition coefficient (Wildman–Crippen LogP) is 2.91. The number of alkyl halides is 2. The number of nitrogens with one attached hydrogen (secondary N) is 1. The highest BCUT2D eigenvalue weighted by molar-refractivity contribution is 6.22. The lowest BCUT2D eigenvalue weighted by molar-refractivity contribution is -0.124. The van der Waals surface area contributed by atoms with Gasteiger partial charge in [-0.1, -0.05) is 18.2 Å². The van der Waals surface area contributed by atoms with Crippen LogP contribution in [0.5, 0.6) is 5.75 Å². The number of carbonyl (C=O) groups is 1. The van der Waals surface area contributed by atoms with E-state index in [0.29, 0.717) is 13.0 Å². The van der Waals surface area contributed by atoms with Gasteiger partial charge in [-0.15, -0.1) is 23.2 Å². The zero-order valence-electron chi connectivity index (χ0n) is 10.8. The molecule has 1 heterocycles. The Morgan fingerprint density at radius 2 is 2.11 bits per heavy atom. The Labute approximate surface area is 123 Å². The largest absolute Gasteiger partial charge is 0.493 e. The maximum atomic E-state index is 12.4. The standard InChI is InChI=1S/C14H17Cl2NO2/c1-14(8-15,9-16)17-13(18)11-6-7-19-12-5-3-2-4-10(11)12/h2-5,11H,6-9H2,1H3,(H,17,18). The van der Waals surface area contributed by atoms with E-state index >= 15 is 0 Å². The van der Waals surface area contributed by atoms with E-state index in [1.54, 1.807) is 0 Å². The smallest absolute Gasteiger partial charge is 0.228 e. The van der Waals surface area contributed by atoms with Gasteiger partial charge in [0.15, 0.2) is 0 Å². The maximum absolute atomic E-state index is 12.4. The van der Waals surface area contributed by atoms with Crippen LogP contribution >= 0.6 is 23.2 Å². The van der Waals surface area contributed by atoms with Gasteiger partial charge in [-0.3, -0.25) is 4.79 Å². The van der Waals surface area contributed by atoms with E-state index in [-0.39, 0.29) is 23.6 Å². The van der Waals surface area contributed by atoms with Crippen LogP contribution in [-0.2, 0) is 4.79 Å². The molecule has 1 aliphatic heterocycles. The molecule has 5 heteroatoms. The summed E-state index contributed by atoms with van der Waals surface area (Å²) in [5, 5.41) is 2.94. The lowest BCUT2D eigenvalue weighted by atomic mass is 9.91. The molecule has 0 aromatic heterocycles. The highest BCUT2D eigenvalue weighted by atomic mass is 35.5. The number of benzene rings is 1. The van der Waals surface area contributed by atoms with Crippen LogP contribution in [-0.4, -0.2) is 29.8 Å². The second kappa shape index (κ2) is 6.02. The Balaban J connectivity index is 2.17. The molecule has 0 saturated carbocycles. The molecule has 2 rings (SSSR count). The molecule has 0 fully saturated rings. The van der Waals surface area contributed by atoms with Crippen molar-refractivity contribution in [1.29, 1.82) is 0 Å². The summed E-state index contributed by atoms with van der Waals surface area (Å²) >= 11 is 11.7. The summed E-state index contributed by atoms with van der Waals surface area (Å²) in [4.78, 5) is 12.4. The van der Waals surface area contributed by atoms with Crippen LogP contribution in [0, 0.1) is 0 Å². The Kier molecular flexibility index (Phi) is 4.58. The molecule has 0 bridgehead atoms. The molecule has 0 radical (unpaired) electrons. The average molecular weight is 302 g/mol. The van der Waals surface area contributed by atoms with Gasteiger partial charge < -0.3 is 10.1 Å². The molecule has 0 aliphatic carbocycles. The van der Waals surface area contributed by atoms with Crippen LogP contribution in [0.15, 0.2) is 24.3 Å². The molecule has 0 saturated heterocycles. The Morgan fingerprint density at radius 1 is 1.42 bits per heavy atom. The molecule has 1 unspecified atom stereocenters. The first-order chi connectivity index (χ1) is 9.09. The van der Waals surface area contributed by atoms with Gasteiger partial charge in [0.05, 0.1) is 18.1 Å². The van der Waals surface area contributed by atoms with Crippen molar-refractivity contribution in [3.63, 3.8) is 0 Å². The summed E-state index contributed by atoms with van der Waals surface area (Å²) < 4.78 is 5.55. The van der Waals surface area contributed by atoms with Gasteiger partial charge in [0.1, 0.15) is 5.75 Å². The molecule has 1 aliphatic rings. The number of rotatable bonds is 4. The number of halogens is 2. The number of ether oxygens (including phenoxy) is 1. The Hall–Kier alpha value is -0.930. The van der Waals surface area contributed by atoms with E-state index < -0.39 is 5.54 Å². The SMILES string of the molecule is CC(CCl)(CCl)NC(=O)C1CCOc2ccccc21. The van der Waals surface area contributed by atoms with Crippen molar-refractivity contribution in [3.05, 3.63) is 29.8 Å². The zero-order chi connectivity index (χ0) is 13.9. The number of hydrogen-bond donors (Lipinski definition) is 1. The lowest BCUT2D eigenvalue weighted by Crippen LogP contribution is -2.51. The number of hydrogen-bond acceptors (Lipinski definition) is 2. The summed E-state index contributed by atoms with van der Waals surface area (Å²) in [6.07, 6.45) is 0.670. The first-order valence-corrected chi connectivity index (χ1v) is 7.32. The minimum absolute atomic E-state index is 0.0421. The number of para-hydroxylation sites is 1. The van der Waals surface area contributed by atoms with Crippen molar-refractivity contribution in [1.82, 2.24) is 5.32 Å². The summed E-state index contributed by atoms with van der Waals surface area (Å²) in [7, 11) is 0. The van der Waals surface area contributed by atoms with Crippen LogP contribution in [0.2, 0.25) is 0 Å². The lowest BCUT2D eigenvalue weighted by Gasteiger charge is -2.31. The molecule has 1 N–H and O–H groups in total. The van der Waals surface area contributed by atoms with Gasteiger partial charge in [0, 0.05) is 17.3 Å². The van der Waals surface area contributed by atoms with Crippen LogP contribution in [0.4, 0.5) is 0 Å². The van der Waals surface area contributed by atoms with E-state index in [1.165, 1.54) is 0 Å². The quantitative estimate of drug-likeness (QED) is 0.869. The minimum atomic E-state index is -0.576. The second-order valence-electron chi connectivity index (χ2n) is 5.04. The highest BCUT2D eigenvalue weighted by Crippen LogP contribution is 2.33. The summed E-state index contributed by atoms with van der Waals surface area (Å²) in [6.45, 7) is 2.39. The third kappa shape index (κ3) is 3.15. The third-order valence-corrected chi connectivity index (χ3v) is 4.47. The van der Waals surface area contributed by atoms with Crippen LogP contribution in [0.3, 0.4) is 0 Å². The zero-order valence-corrected chi connectivity index (χ0v) is 12.3.